The Morgan fingerprint density at radius 3 is 2.72 bits per heavy atom. The Kier molecular flexibility index (Phi) is 6.73. The second kappa shape index (κ2) is 8.09. The van der Waals surface area contributed by atoms with Crippen LogP contribution in [0, 0.1) is 12.7 Å². The number of ether oxygens (including phenoxy) is 1. The van der Waals surface area contributed by atoms with Gasteiger partial charge in [0.05, 0.1) is 0 Å². The van der Waals surface area contributed by atoms with Gasteiger partial charge in [-0.1, -0.05) is 26.3 Å². The Balaban J connectivity index is 2.60. The van der Waals surface area contributed by atoms with Crippen LogP contribution < -0.4 is 10.1 Å². The summed E-state index contributed by atoms with van der Waals surface area (Å²) in [4.78, 5) is 0. The number of rotatable bonds is 8. The van der Waals surface area contributed by atoms with Gasteiger partial charge in [0.1, 0.15) is 6.10 Å². The number of halogens is 1. The van der Waals surface area contributed by atoms with Crippen molar-refractivity contribution in [2.75, 3.05) is 13.1 Å². The predicted octanol–water partition coefficient (Wildman–Crippen LogP) is 3.68. The quantitative estimate of drug-likeness (QED) is 0.714. The molecular weight excluding hydrogens is 229 g/mol. The second-order valence-electron chi connectivity index (χ2n) is 4.67. The van der Waals surface area contributed by atoms with Crippen LogP contribution >= 0.6 is 0 Å². The van der Waals surface area contributed by atoms with Crippen LogP contribution in [0.1, 0.15) is 38.7 Å². The van der Waals surface area contributed by atoms with E-state index >= 15 is 0 Å². The highest BCUT2D eigenvalue weighted by molar-refractivity contribution is 5.29. The van der Waals surface area contributed by atoms with Crippen molar-refractivity contribution >= 4 is 0 Å². The minimum absolute atomic E-state index is 0.0397. The molecule has 1 aromatic rings. The first-order valence-corrected chi connectivity index (χ1v) is 6.80. The van der Waals surface area contributed by atoms with Crippen molar-refractivity contribution in [2.45, 2.75) is 46.1 Å². The number of hydrogen-bond acceptors (Lipinski definition) is 2. The van der Waals surface area contributed by atoms with Gasteiger partial charge in [-0.2, -0.15) is 0 Å². The molecule has 102 valence electrons. The zero-order valence-corrected chi connectivity index (χ0v) is 11.6. The molecule has 1 N–H and O–H groups in total. The SMILES string of the molecule is CCCNCC(CCC)Oc1cc(C)ccc1F. The van der Waals surface area contributed by atoms with Gasteiger partial charge in [-0.05, 0) is 44.0 Å². The monoisotopic (exact) mass is 253 g/mol. The molecule has 0 aliphatic heterocycles. The standard InChI is InChI=1S/C15H24FNO/c1-4-6-13(11-17-9-5-2)18-15-10-12(3)7-8-14(15)16/h7-8,10,13,17H,4-6,9,11H2,1-3H3. The van der Waals surface area contributed by atoms with E-state index in [0.29, 0.717) is 5.75 Å². The summed E-state index contributed by atoms with van der Waals surface area (Å²) in [7, 11) is 0. The smallest absolute Gasteiger partial charge is 0.165 e. The average molecular weight is 253 g/mol. The van der Waals surface area contributed by atoms with Crippen molar-refractivity contribution < 1.29 is 9.13 Å². The maximum Gasteiger partial charge on any atom is 0.165 e. The van der Waals surface area contributed by atoms with E-state index in [1.807, 2.05) is 6.92 Å². The fourth-order valence-corrected chi connectivity index (χ4v) is 1.84. The van der Waals surface area contributed by atoms with Gasteiger partial charge in [-0.25, -0.2) is 4.39 Å². The van der Waals surface area contributed by atoms with Crippen LogP contribution in [0.25, 0.3) is 0 Å². The average Bonchev–Trinajstić information content (AvgIpc) is 2.34. The van der Waals surface area contributed by atoms with Crippen molar-refractivity contribution in [3.05, 3.63) is 29.6 Å². The van der Waals surface area contributed by atoms with Gasteiger partial charge in [0.2, 0.25) is 0 Å². The second-order valence-corrected chi connectivity index (χ2v) is 4.67. The molecule has 1 aromatic carbocycles. The van der Waals surface area contributed by atoms with Crippen LogP contribution in [0.2, 0.25) is 0 Å². The van der Waals surface area contributed by atoms with E-state index in [0.717, 1.165) is 37.9 Å². The van der Waals surface area contributed by atoms with Crippen molar-refractivity contribution in [3.63, 3.8) is 0 Å². The van der Waals surface area contributed by atoms with Gasteiger partial charge in [0, 0.05) is 6.54 Å². The predicted molar refractivity (Wildman–Crippen MR) is 73.6 cm³/mol. The highest BCUT2D eigenvalue weighted by Crippen LogP contribution is 2.20. The molecule has 18 heavy (non-hydrogen) atoms. The van der Waals surface area contributed by atoms with Gasteiger partial charge >= 0.3 is 0 Å². The van der Waals surface area contributed by atoms with E-state index in [1.165, 1.54) is 6.07 Å². The Labute approximate surface area is 110 Å². The van der Waals surface area contributed by atoms with Gasteiger partial charge in [-0.15, -0.1) is 0 Å². The van der Waals surface area contributed by atoms with Crippen LogP contribution in [0.4, 0.5) is 4.39 Å². The Morgan fingerprint density at radius 1 is 1.28 bits per heavy atom. The molecule has 3 heteroatoms. The number of benzene rings is 1. The number of nitrogens with one attached hydrogen (secondary N) is 1. The van der Waals surface area contributed by atoms with Crippen LogP contribution in [-0.2, 0) is 0 Å². The van der Waals surface area contributed by atoms with Crippen molar-refractivity contribution in [1.29, 1.82) is 0 Å². The minimum atomic E-state index is -0.280. The summed E-state index contributed by atoms with van der Waals surface area (Å²) in [6, 6.07) is 4.98. The van der Waals surface area contributed by atoms with Crippen LogP contribution in [0.3, 0.4) is 0 Å². The largest absolute Gasteiger partial charge is 0.486 e. The highest BCUT2D eigenvalue weighted by Gasteiger charge is 2.12. The third-order valence-corrected chi connectivity index (χ3v) is 2.79. The van der Waals surface area contributed by atoms with E-state index in [2.05, 4.69) is 19.2 Å². The van der Waals surface area contributed by atoms with Gasteiger partial charge in [0.25, 0.3) is 0 Å². The molecule has 0 amide bonds. The first-order chi connectivity index (χ1) is 8.67. The number of hydrogen-bond donors (Lipinski definition) is 1. The van der Waals surface area contributed by atoms with E-state index in [4.69, 9.17) is 4.74 Å². The molecule has 0 aromatic heterocycles. The van der Waals surface area contributed by atoms with E-state index < -0.39 is 0 Å². The summed E-state index contributed by atoms with van der Waals surface area (Å²) in [5.41, 5.74) is 1.02. The lowest BCUT2D eigenvalue weighted by molar-refractivity contribution is 0.179. The summed E-state index contributed by atoms with van der Waals surface area (Å²) in [6.45, 7) is 7.93. The molecule has 0 spiro atoms. The lowest BCUT2D eigenvalue weighted by Crippen LogP contribution is -2.32. The minimum Gasteiger partial charge on any atom is -0.486 e. The molecule has 2 nitrogen and oxygen atoms in total. The molecule has 0 bridgehead atoms. The maximum absolute atomic E-state index is 13.6. The molecule has 0 aliphatic carbocycles. The van der Waals surface area contributed by atoms with Gasteiger partial charge in [0.15, 0.2) is 11.6 Å². The normalized spacial score (nSPS) is 12.4. The van der Waals surface area contributed by atoms with E-state index in [1.54, 1.807) is 12.1 Å². The fourth-order valence-electron chi connectivity index (χ4n) is 1.84. The molecule has 1 atom stereocenters. The molecule has 0 aliphatic rings. The Bertz CT molecular complexity index is 354. The summed E-state index contributed by atoms with van der Waals surface area (Å²) in [6.07, 6.45) is 3.10. The fraction of sp³-hybridized carbons (Fsp3) is 0.600. The first-order valence-electron chi connectivity index (χ1n) is 6.80. The maximum atomic E-state index is 13.6. The highest BCUT2D eigenvalue weighted by atomic mass is 19.1. The topological polar surface area (TPSA) is 21.3 Å². The molecule has 1 unspecified atom stereocenters. The van der Waals surface area contributed by atoms with Crippen LogP contribution in [0.5, 0.6) is 5.75 Å². The van der Waals surface area contributed by atoms with Crippen molar-refractivity contribution in [1.82, 2.24) is 5.32 Å². The van der Waals surface area contributed by atoms with Crippen molar-refractivity contribution in [3.8, 4) is 5.75 Å². The lowest BCUT2D eigenvalue weighted by atomic mass is 10.2. The summed E-state index contributed by atoms with van der Waals surface area (Å²) < 4.78 is 19.4. The van der Waals surface area contributed by atoms with Gasteiger partial charge in [-0.3, -0.25) is 0 Å². The van der Waals surface area contributed by atoms with Crippen molar-refractivity contribution in [2.24, 2.45) is 0 Å². The lowest BCUT2D eigenvalue weighted by Gasteiger charge is -2.19. The summed E-state index contributed by atoms with van der Waals surface area (Å²) in [5, 5.41) is 3.33. The van der Waals surface area contributed by atoms with Gasteiger partial charge < -0.3 is 10.1 Å². The third-order valence-electron chi connectivity index (χ3n) is 2.79. The molecule has 0 radical (unpaired) electrons. The molecule has 0 saturated carbocycles. The van der Waals surface area contributed by atoms with Crippen LogP contribution in [-0.4, -0.2) is 19.2 Å². The summed E-state index contributed by atoms with van der Waals surface area (Å²) in [5.74, 6) is 0.0870. The molecule has 0 heterocycles. The van der Waals surface area contributed by atoms with E-state index in [9.17, 15) is 4.39 Å². The third kappa shape index (κ3) is 5.05. The zero-order chi connectivity index (χ0) is 13.4. The molecule has 0 saturated heterocycles. The first kappa shape index (κ1) is 15.0. The molecule has 0 fully saturated rings. The zero-order valence-electron chi connectivity index (χ0n) is 11.6. The molecular formula is C15H24FNO. The van der Waals surface area contributed by atoms with E-state index in [-0.39, 0.29) is 11.9 Å². The Morgan fingerprint density at radius 2 is 2.06 bits per heavy atom. The Hall–Kier alpha value is -1.09. The molecule has 1 rings (SSSR count). The number of aryl methyl sites for hydroxylation is 1. The summed E-state index contributed by atoms with van der Waals surface area (Å²) >= 11 is 0. The van der Waals surface area contributed by atoms with Crippen LogP contribution in [0.15, 0.2) is 18.2 Å².